The zero-order valence-corrected chi connectivity index (χ0v) is 11.3. The summed E-state index contributed by atoms with van der Waals surface area (Å²) >= 11 is 0. The number of rotatable bonds is 5. The molecule has 1 heteroatoms. The number of nitrogens with one attached hydrogen (secondary N) is 1. The van der Waals surface area contributed by atoms with Crippen molar-refractivity contribution in [2.24, 2.45) is 0 Å². The summed E-state index contributed by atoms with van der Waals surface area (Å²) in [5, 5.41) is 3.39. The van der Waals surface area contributed by atoms with Crippen LogP contribution in [0.3, 0.4) is 0 Å². The van der Waals surface area contributed by atoms with Gasteiger partial charge in [-0.05, 0) is 23.6 Å². The molecule has 0 aliphatic carbocycles. The minimum Gasteiger partial charge on any atom is -0.312 e. The van der Waals surface area contributed by atoms with Crippen LogP contribution in [0.2, 0.25) is 0 Å². The van der Waals surface area contributed by atoms with Gasteiger partial charge in [0.15, 0.2) is 0 Å². The van der Waals surface area contributed by atoms with Crippen LogP contribution in [0.4, 0.5) is 0 Å². The molecule has 2 rings (SSSR count). The molecule has 1 nitrogen and oxygen atoms in total. The zero-order chi connectivity index (χ0) is 13.3. The van der Waals surface area contributed by atoms with Crippen LogP contribution in [0.1, 0.15) is 18.9 Å². The summed E-state index contributed by atoms with van der Waals surface area (Å²) in [5.74, 6) is 5.95. The van der Waals surface area contributed by atoms with E-state index in [1.54, 1.807) is 0 Å². The third-order valence-corrected chi connectivity index (χ3v) is 2.99. The predicted octanol–water partition coefficient (Wildman–Crippen LogP) is 3.86. The highest BCUT2D eigenvalue weighted by Gasteiger charge is 1.97. The Labute approximate surface area is 115 Å². The maximum absolute atomic E-state index is 3.39. The average Bonchev–Trinajstić information content (AvgIpc) is 2.49. The predicted molar refractivity (Wildman–Crippen MR) is 81.7 cm³/mol. The monoisotopic (exact) mass is 249 g/mol. The normalized spacial score (nSPS) is 9.74. The second-order valence-electron chi connectivity index (χ2n) is 4.42. The first-order valence-corrected chi connectivity index (χ1v) is 6.65. The van der Waals surface area contributed by atoms with Crippen LogP contribution in [0.25, 0.3) is 11.1 Å². The summed E-state index contributed by atoms with van der Waals surface area (Å²) in [6.45, 7) is 3.73. The molecule has 2 aromatic rings. The SMILES string of the molecule is CC#CCCNCc1ccc(-c2ccccc2)cc1. The molecule has 0 radical (unpaired) electrons. The Morgan fingerprint density at radius 1 is 0.895 bits per heavy atom. The van der Waals surface area contributed by atoms with E-state index in [0.717, 1.165) is 19.5 Å². The Morgan fingerprint density at radius 3 is 2.26 bits per heavy atom. The lowest BCUT2D eigenvalue weighted by Gasteiger charge is -2.05. The molecule has 0 aliphatic heterocycles. The van der Waals surface area contributed by atoms with Crippen LogP contribution >= 0.6 is 0 Å². The van der Waals surface area contributed by atoms with Gasteiger partial charge in [-0.1, -0.05) is 54.6 Å². The summed E-state index contributed by atoms with van der Waals surface area (Å²) in [6.07, 6.45) is 0.915. The fourth-order valence-electron chi connectivity index (χ4n) is 1.95. The topological polar surface area (TPSA) is 12.0 Å². The quantitative estimate of drug-likeness (QED) is 0.627. The second-order valence-corrected chi connectivity index (χ2v) is 4.42. The van der Waals surface area contributed by atoms with Gasteiger partial charge in [0.25, 0.3) is 0 Å². The highest BCUT2D eigenvalue weighted by atomic mass is 14.8. The maximum Gasteiger partial charge on any atom is 0.0214 e. The Kier molecular flexibility index (Phi) is 5.22. The molecule has 0 saturated heterocycles. The van der Waals surface area contributed by atoms with Crippen molar-refractivity contribution in [1.29, 1.82) is 0 Å². The van der Waals surface area contributed by atoms with Crippen molar-refractivity contribution in [1.82, 2.24) is 5.32 Å². The van der Waals surface area contributed by atoms with Gasteiger partial charge in [0.05, 0.1) is 0 Å². The summed E-state index contributed by atoms with van der Waals surface area (Å²) < 4.78 is 0. The number of hydrogen-bond acceptors (Lipinski definition) is 1. The van der Waals surface area contributed by atoms with Crippen LogP contribution in [-0.2, 0) is 6.54 Å². The standard InChI is InChI=1S/C18H19N/c1-2-3-7-14-19-15-16-10-12-18(13-11-16)17-8-5-4-6-9-17/h4-6,8-13,19H,7,14-15H2,1H3. The molecule has 0 aliphatic rings. The van der Waals surface area contributed by atoms with Crippen LogP contribution < -0.4 is 5.32 Å². The number of hydrogen-bond donors (Lipinski definition) is 1. The van der Waals surface area contributed by atoms with Gasteiger partial charge in [0.1, 0.15) is 0 Å². The lowest BCUT2D eigenvalue weighted by Crippen LogP contribution is -2.13. The van der Waals surface area contributed by atoms with E-state index >= 15 is 0 Å². The van der Waals surface area contributed by atoms with Gasteiger partial charge >= 0.3 is 0 Å². The first kappa shape index (κ1) is 13.4. The molecule has 0 saturated carbocycles. The van der Waals surface area contributed by atoms with Gasteiger partial charge < -0.3 is 5.32 Å². The molecule has 0 heterocycles. The van der Waals surface area contributed by atoms with Crippen LogP contribution in [0.15, 0.2) is 54.6 Å². The van der Waals surface area contributed by atoms with Crippen LogP contribution in [0, 0.1) is 11.8 Å². The smallest absolute Gasteiger partial charge is 0.0214 e. The van der Waals surface area contributed by atoms with E-state index in [9.17, 15) is 0 Å². The summed E-state index contributed by atoms with van der Waals surface area (Å²) in [4.78, 5) is 0. The van der Waals surface area contributed by atoms with Gasteiger partial charge in [0, 0.05) is 19.5 Å². The first-order chi connectivity index (χ1) is 9.40. The van der Waals surface area contributed by atoms with Gasteiger partial charge in [-0.2, -0.15) is 0 Å². The molecular weight excluding hydrogens is 230 g/mol. The second kappa shape index (κ2) is 7.41. The minimum atomic E-state index is 0.903. The van der Waals surface area contributed by atoms with Crippen molar-refractivity contribution >= 4 is 0 Å². The van der Waals surface area contributed by atoms with Crippen molar-refractivity contribution in [3.8, 4) is 23.0 Å². The van der Waals surface area contributed by atoms with Crippen molar-refractivity contribution in [3.63, 3.8) is 0 Å². The van der Waals surface area contributed by atoms with Crippen LogP contribution in [-0.4, -0.2) is 6.54 Å². The Balaban J connectivity index is 1.89. The molecule has 0 bridgehead atoms. The van der Waals surface area contributed by atoms with E-state index in [1.807, 2.05) is 13.0 Å². The highest BCUT2D eigenvalue weighted by Crippen LogP contribution is 2.19. The van der Waals surface area contributed by atoms with E-state index in [-0.39, 0.29) is 0 Å². The van der Waals surface area contributed by atoms with Gasteiger partial charge in [-0.15, -0.1) is 11.8 Å². The molecule has 2 aromatic carbocycles. The lowest BCUT2D eigenvalue weighted by molar-refractivity contribution is 0.701. The lowest BCUT2D eigenvalue weighted by atomic mass is 10.0. The summed E-state index contributed by atoms with van der Waals surface area (Å²) in [6, 6.07) is 19.2. The van der Waals surface area contributed by atoms with E-state index < -0.39 is 0 Å². The third kappa shape index (κ3) is 4.28. The van der Waals surface area contributed by atoms with Crippen molar-refractivity contribution in [2.75, 3.05) is 6.54 Å². The maximum atomic E-state index is 3.39. The highest BCUT2D eigenvalue weighted by molar-refractivity contribution is 5.63. The molecule has 0 amide bonds. The molecule has 0 atom stereocenters. The van der Waals surface area contributed by atoms with Gasteiger partial charge in [-0.3, -0.25) is 0 Å². The average molecular weight is 249 g/mol. The van der Waals surface area contributed by atoms with E-state index in [2.05, 4.69) is 65.7 Å². The number of benzene rings is 2. The molecule has 0 aromatic heterocycles. The van der Waals surface area contributed by atoms with E-state index in [4.69, 9.17) is 0 Å². The van der Waals surface area contributed by atoms with E-state index in [1.165, 1.54) is 16.7 Å². The third-order valence-electron chi connectivity index (χ3n) is 2.99. The van der Waals surface area contributed by atoms with E-state index in [0.29, 0.717) is 0 Å². The Hall–Kier alpha value is -2.04. The largest absolute Gasteiger partial charge is 0.312 e. The molecule has 96 valence electrons. The van der Waals surface area contributed by atoms with Crippen molar-refractivity contribution < 1.29 is 0 Å². The van der Waals surface area contributed by atoms with Crippen molar-refractivity contribution in [3.05, 3.63) is 60.2 Å². The van der Waals surface area contributed by atoms with Crippen molar-refractivity contribution in [2.45, 2.75) is 19.9 Å². The molecule has 0 spiro atoms. The van der Waals surface area contributed by atoms with Gasteiger partial charge in [0.2, 0.25) is 0 Å². The molecular formula is C18H19N. The molecule has 0 unspecified atom stereocenters. The van der Waals surface area contributed by atoms with Gasteiger partial charge in [-0.25, -0.2) is 0 Å². The Bertz CT molecular complexity index is 544. The molecule has 1 N–H and O–H groups in total. The molecule has 0 fully saturated rings. The fraction of sp³-hybridized carbons (Fsp3) is 0.222. The zero-order valence-electron chi connectivity index (χ0n) is 11.3. The summed E-state index contributed by atoms with van der Waals surface area (Å²) in [7, 11) is 0. The minimum absolute atomic E-state index is 0.903. The first-order valence-electron chi connectivity index (χ1n) is 6.65. The fourth-order valence-corrected chi connectivity index (χ4v) is 1.95. The van der Waals surface area contributed by atoms with Crippen LogP contribution in [0.5, 0.6) is 0 Å². The Morgan fingerprint density at radius 2 is 1.58 bits per heavy atom. The molecule has 19 heavy (non-hydrogen) atoms. The summed E-state index contributed by atoms with van der Waals surface area (Å²) in [5.41, 5.74) is 3.84.